The number of halogens is 1. The second-order valence-corrected chi connectivity index (χ2v) is 2.96. The molecule has 0 saturated heterocycles. The van der Waals surface area contributed by atoms with E-state index in [1.807, 2.05) is 0 Å². The minimum atomic E-state index is 0.0243. The minimum Gasteiger partial charge on any atom is -0.506 e. The molecule has 0 unspecified atom stereocenters. The molecule has 1 aromatic rings. The Morgan fingerprint density at radius 2 is 2.18 bits per heavy atom. The van der Waals surface area contributed by atoms with Crippen LogP contribution in [0.3, 0.4) is 0 Å². The van der Waals surface area contributed by atoms with Crippen LogP contribution >= 0.6 is 15.9 Å². The molecule has 4 heteroatoms. The highest BCUT2D eigenvalue weighted by Crippen LogP contribution is 2.33. The summed E-state index contributed by atoms with van der Waals surface area (Å²) in [6, 6.07) is 3.20. The van der Waals surface area contributed by atoms with Crippen LogP contribution in [0.1, 0.15) is 0 Å². The van der Waals surface area contributed by atoms with Gasteiger partial charge in [0.1, 0.15) is 17.2 Å². The summed E-state index contributed by atoms with van der Waals surface area (Å²) < 4.78 is 5.63. The van der Waals surface area contributed by atoms with E-state index in [1.54, 1.807) is 6.07 Å². The second kappa shape index (κ2) is 3.00. The number of anilines is 1. The fraction of sp³-hybridized carbons (Fsp3) is 0.143. The molecule has 0 atom stereocenters. The van der Waals surface area contributed by atoms with Gasteiger partial charge < -0.3 is 15.6 Å². The number of benzene rings is 1. The van der Waals surface area contributed by atoms with Crippen LogP contribution < -0.4 is 10.5 Å². The number of methoxy groups -OCH3 is 1. The summed E-state index contributed by atoms with van der Waals surface area (Å²) in [6.07, 6.45) is 0. The molecule has 0 aliphatic carbocycles. The van der Waals surface area contributed by atoms with Crippen molar-refractivity contribution in [2.24, 2.45) is 0 Å². The minimum absolute atomic E-state index is 0.0243. The number of hydrogen-bond acceptors (Lipinski definition) is 3. The van der Waals surface area contributed by atoms with Crippen LogP contribution in [0.5, 0.6) is 11.5 Å². The molecule has 60 valence electrons. The highest BCUT2D eigenvalue weighted by Gasteiger charge is 2.05. The molecule has 11 heavy (non-hydrogen) atoms. The van der Waals surface area contributed by atoms with Crippen molar-refractivity contribution in [1.29, 1.82) is 0 Å². The van der Waals surface area contributed by atoms with Crippen molar-refractivity contribution in [2.75, 3.05) is 12.8 Å². The Morgan fingerprint density at radius 3 is 2.73 bits per heavy atom. The van der Waals surface area contributed by atoms with Crippen LogP contribution in [0.15, 0.2) is 16.6 Å². The molecule has 0 aromatic heterocycles. The quantitative estimate of drug-likeness (QED) is 0.557. The lowest BCUT2D eigenvalue weighted by molar-refractivity contribution is 0.410. The first kappa shape index (κ1) is 8.20. The zero-order chi connectivity index (χ0) is 8.43. The number of phenols is 1. The molecule has 3 N–H and O–H groups in total. The molecule has 0 radical (unpaired) electrons. The summed E-state index contributed by atoms with van der Waals surface area (Å²) in [4.78, 5) is 0. The summed E-state index contributed by atoms with van der Waals surface area (Å²) in [5.41, 5.74) is 5.73. The number of ether oxygens (including phenoxy) is 1. The van der Waals surface area contributed by atoms with Gasteiger partial charge in [-0.1, -0.05) is 15.9 Å². The van der Waals surface area contributed by atoms with Gasteiger partial charge in [0.25, 0.3) is 0 Å². The Labute approximate surface area is 72.9 Å². The van der Waals surface area contributed by atoms with Crippen molar-refractivity contribution in [3.63, 3.8) is 0 Å². The van der Waals surface area contributed by atoms with Crippen molar-refractivity contribution in [3.8, 4) is 11.5 Å². The first-order valence-corrected chi connectivity index (χ1v) is 3.76. The molecule has 0 aliphatic rings. The van der Waals surface area contributed by atoms with Crippen LogP contribution in [-0.2, 0) is 0 Å². The largest absolute Gasteiger partial charge is 0.506 e. The maximum absolute atomic E-state index is 9.18. The zero-order valence-electron chi connectivity index (χ0n) is 5.97. The lowest BCUT2D eigenvalue weighted by atomic mass is 10.3. The second-order valence-electron chi connectivity index (χ2n) is 2.04. The number of nitrogen functional groups attached to an aromatic ring is 1. The fourth-order valence-corrected chi connectivity index (χ4v) is 1.17. The number of rotatable bonds is 1. The van der Waals surface area contributed by atoms with E-state index in [0.717, 1.165) is 4.47 Å². The van der Waals surface area contributed by atoms with Crippen LogP contribution in [-0.4, -0.2) is 12.2 Å². The van der Waals surface area contributed by atoms with Crippen LogP contribution in [0.2, 0.25) is 0 Å². The van der Waals surface area contributed by atoms with E-state index in [-0.39, 0.29) is 11.4 Å². The van der Waals surface area contributed by atoms with Crippen molar-refractivity contribution in [2.45, 2.75) is 0 Å². The summed E-state index contributed by atoms with van der Waals surface area (Å²) in [6.45, 7) is 0. The average molecular weight is 218 g/mol. The van der Waals surface area contributed by atoms with Gasteiger partial charge in [0.2, 0.25) is 0 Å². The molecule has 3 nitrogen and oxygen atoms in total. The Balaban J connectivity index is 3.24. The Bertz CT molecular complexity index is 275. The molecule has 0 spiro atoms. The maximum Gasteiger partial charge on any atom is 0.146 e. The van der Waals surface area contributed by atoms with E-state index >= 15 is 0 Å². The molecule has 1 rings (SSSR count). The standard InChI is InChI=1S/C7H8BrNO2/c1-11-6-3-4(8)2-5(10)7(6)9/h2-3,10H,9H2,1H3. The predicted octanol–water partition coefficient (Wildman–Crippen LogP) is 1.75. The lowest BCUT2D eigenvalue weighted by Gasteiger charge is -2.05. The highest BCUT2D eigenvalue weighted by molar-refractivity contribution is 9.10. The third-order valence-electron chi connectivity index (χ3n) is 1.30. The van der Waals surface area contributed by atoms with Gasteiger partial charge in [-0.25, -0.2) is 0 Å². The Hall–Kier alpha value is -0.900. The van der Waals surface area contributed by atoms with Gasteiger partial charge in [0.15, 0.2) is 0 Å². The number of hydrogen-bond donors (Lipinski definition) is 2. The van der Waals surface area contributed by atoms with Gasteiger partial charge in [-0.2, -0.15) is 0 Å². The Kier molecular flexibility index (Phi) is 2.24. The molecule has 0 saturated carbocycles. The van der Waals surface area contributed by atoms with Gasteiger partial charge in [0.05, 0.1) is 7.11 Å². The summed E-state index contributed by atoms with van der Waals surface area (Å²) in [5.74, 6) is 0.494. The normalized spacial score (nSPS) is 9.64. The molecule has 0 bridgehead atoms. The monoisotopic (exact) mass is 217 g/mol. The van der Waals surface area contributed by atoms with Gasteiger partial charge >= 0.3 is 0 Å². The third kappa shape index (κ3) is 1.57. The van der Waals surface area contributed by atoms with E-state index in [2.05, 4.69) is 15.9 Å². The number of nitrogens with two attached hydrogens (primary N) is 1. The lowest BCUT2D eigenvalue weighted by Crippen LogP contribution is -1.92. The van der Waals surface area contributed by atoms with E-state index in [1.165, 1.54) is 13.2 Å². The molecule has 0 aliphatic heterocycles. The molecule has 1 aromatic carbocycles. The molecule has 0 fully saturated rings. The number of aromatic hydroxyl groups is 1. The SMILES string of the molecule is COc1cc(Br)cc(O)c1N. The van der Waals surface area contributed by atoms with Crippen LogP contribution in [0.25, 0.3) is 0 Å². The van der Waals surface area contributed by atoms with Crippen molar-refractivity contribution in [1.82, 2.24) is 0 Å². The van der Waals surface area contributed by atoms with E-state index in [4.69, 9.17) is 10.5 Å². The molecular formula is C7H8BrNO2. The van der Waals surface area contributed by atoms with E-state index in [9.17, 15) is 5.11 Å². The van der Waals surface area contributed by atoms with Crippen molar-refractivity contribution >= 4 is 21.6 Å². The predicted molar refractivity (Wildman–Crippen MR) is 46.8 cm³/mol. The van der Waals surface area contributed by atoms with Gasteiger partial charge in [-0.05, 0) is 12.1 Å². The van der Waals surface area contributed by atoms with Gasteiger partial charge in [-0.15, -0.1) is 0 Å². The average Bonchev–Trinajstić information content (AvgIpc) is 1.96. The maximum atomic E-state index is 9.18. The van der Waals surface area contributed by atoms with E-state index in [0.29, 0.717) is 5.75 Å². The van der Waals surface area contributed by atoms with Gasteiger partial charge in [-0.3, -0.25) is 0 Å². The summed E-state index contributed by atoms with van der Waals surface area (Å²) >= 11 is 3.19. The smallest absolute Gasteiger partial charge is 0.146 e. The molecule has 0 heterocycles. The molecule has 0 amide bonds. The first-order chi connectivity index (χ1) is 5.15. The van der Waals surface area contributed by atoms with Crippen LogP contribution in [0, 0.1) is 0 Å². The first-order valence-electron chi connectivity index (χ1n) is 2.97. The zero-order valence-corrected chi connectivity index (χ0v) is 7.55. The third-order valence-corrected chi connectivity index (χ3v) is 1.76. The highest BCUT2D eigenvalue weighted by atomic mass is 79.9. The fourth-order valence-electron chi connectivity index (χ4n) is 0.748. The Morgan fingerprint density at radius 1 is 1.55 bits per heavy atom. The van der Waals surface area contributed by atoms with Gasteiger partial charge in [0, 0.05) is 4.47 Å². The topological polar surface area (TPSA) is 55.5 Å². The number of phenolic OH excluding ortho intramolecular Hbond substituents is 1. The van der Waals surface area contributed by atoms with E-state index < -0.39 is 0 Å². The molecular weight excluding hydrogens is 210 g/mol. The summed E-state index contributed by atoms with van der Waals surface area (Å²) in [7, 11) is 1.50. The van der Waals surface area contributed by atoms with Crippen molar-refractivity contribution < 1.29 is 9.84 Å². The van der Waals surface area contributed by atoms with Crippen molar-refractivity contribution in [3.05, 3.63) is 16.6 Å². The summed E-state index contributed by atoms with van der Waals surface area (Å²) in [5, 5.41) is 9.18. The van der Waals surface area contributed by atoms with Crippen LogP contribution in [0.4, 0.5) is 5.69 Å².